The predicted octanol–water partition coefficient (Wildman–Crippen LogP) is -3.05. The molecule has 0 spiro atoms. The van der Waals surface area contributed by atoms with E-state index in [1.807, 2.05) is 49.1 Å². The topological polar surface area (TPSA) is 269 Å². The number of primary amides is 2. The van der Waals surface area contributed by atoms with Crippen LogP contribution in [0.5, 0.6) is 0 Å². The van der Waals surface area contributed by atoms with Gasteiger partial charge in [0.15, 0.2) is 0 Å². The molecule has 0 saturated carbocycles. The lowest BCUT2D eigenvalue weighted by Gasteiger charge is -2.31. The Morgan fingerprint density at radius 1 is 0.936 bits per heavy atom. The van der Waals surface area contributed by atoms with Gasteiger partial charge in [-0.2, -0.15) is 0 Å². The second kappa shape index (κ2) is 19.3. The van der Waals surface area contributed by atoms with Crippen molar-refractivity contribution < 1.29 is 38.7 Å². The number of carbonyl (C=O) groups is 7. The van der Waals surface area contributed by atoms with E-state index in [1.54, 1.807) is 0 Å². The largest absolute Gasteiger partial charge is 0.394 e. The molecule has 6 amide bonds. The van der Waals surface area contributed by atoms with Gasteiger partial charge in [0, 0.05) is 19.0 Å². The van der Waals surface area contributed by atoms with Gasteiger partial charge in [0.2, 0.25) is 35.4 Å². The lowest BCUT2D eigenvalue weighted by atomic mass is 10.0. The van der Waals surface area contributed by atoms with Crippen LogP contribution in [0.15, 0.2) is 30.3 Å². The quantitative estimate of drug-likeness (QED) is 0.0655. The van der Waals surface area contributed by atoms with Gasteiger partial charge in [0.1, 0.15) is 24.4 Å². The number of nitrogens with one attached hydrogen (secondary N) is 4. The molecule has 0 aromatic heterocycles. The zero-order valence-electron chi connectivity index (χ0n) is 26.9. The maximum atomic E-state index is 13.6. The fraction of sp³-hybridized carbons (Fsp3) is 0.581. The van der Waals surface area contributed by atoms with Crippen LogP contribution < -0.4 is 38.5 Å². The number of rotatable bonds is 20. The second-order valence-corrected chi connectivity index (χ2v) is 12.0. The predicted molar refractivity (Wildman–Crippen MR) is 171 cm³/mol. The first-order valence-corrected chi connectivity index (χ1v) is 15.6. The summed E-state index contributed by atoms with van der Waals surface area (Å²) in [5.74, 6) is -4.56. The third-order valence-electron chi connectivity index (χ3n) is 7.85. The smallest absolute Gasteiger partial charge is 0.243 e. The van der Waals surface area contributed by atoms with Gasteiger partial charge in [-0.15, -0.1) is 0 Å². The monoisotopic (exact) mass is 660 g/mol. The first kappa shape index (κ1) is 38.8. The summed E-state index contributed by atoms with van der Waals surface area (Å²) < 4.78 is 0. The Morgan fingerprint density at radius 3 is 2.15 bits per heavy atom. The third-order valence-corrected chi connectivity index (χ3v) is 7.85. The van der Waals surface area contributed by atoms with Gasteiger partial charge in [-0.1, -0.05) is 44.2 Å². The number of carbonyl (C=O) groups excluding carboxylic acids is 7. The molecule has 11 N–H and O–H groups in total. The molecule has 1 fully saturated rings. The highest BCUT2D eigenvalue weighted by Gasteiger charge is 2.35. The van der Waals surface area contributed by atoms with Gasteiger partial charge < -0.3 is 48.4 Å². The molecule has 16 heteroatoms. The number of aliphatic hydroxyl groups is 1. The summed E-state index contributed by atoms with van der Waals surface area (Å²) in [6.45, 7) is 3.75. The summed E-state index contributed by atoms with van der Waals surface area (Å²) in [5, 5.41) is 19.6. The first-order valence-electron chi connectivity index (χ1n) is 15.6. The van der Waals surface area contributed by atoms with Crippen molar-refractivity contribution in [2.45, 2.75) is 88.6 Å². The lowest BCUT2D eigenvalue weighted by molar-refractivity contribution is -0.134. The van der Waals surface area contributed by atoms with Crippen molar-refractivity contribution in [3.63, 3.8) is 0 Å². The van der Waals surface area contributed by atoms with E-state index in [0.717, 1.165) is 12.0 Å². The van der Waals surface area contributed by atoms with Crippen molar-refractivity contribution in [3.8, 4) is 0 Å². The van der Waals surface area contributed by atoms with Gasteiger partial charge in [0.25, 0.3) is 0 Å². The van der Waals surface area contributed by atoms with E-state index in [-0.39, 0.29) is 31.2 Å². The van der Waals surface area contributed by atoms with Gasteiger partial charge in [-0.05, 0) is 43.7 Å². The molecule has 1 heterocycles. The molecule has 2 rings (SSSR count). The molecule has 1 aliphatic heterocycles. The molecule has 1 saturated heterocycles. The highest BCUT2D eigenvalue weighted by molar-refractivity contribution is 5.95. The summed E-state index contributed by atoms with van der Waals surface area (Å²) in [6.07, 6.45) is 1.20. The first-order chi connectivity index (χ1) is 22.2. The third kappa shape index (κ3) is 13.1. The number of hydrogen-bond donors (Lipinski definition) is 8. The minimum atomic E-state index is -1.46. The maximum Gasteiger partial charge on any atom is 0.243 e. The molecule has 6 atom stereocenters. The SMILES string of the molecule is CC(C)C(C=O)NC(=O)C1CCCN1CC(Cc1ccccc1)NC(=O)C(CC(N)=O)NC(=O)C(CCC(N)=O)NC(=O)C(N)CO. The molecule has 1 aromatic rings. The molecular weight excluding hydrogens is 612 g/mol. The number of amides is 6. The van der Waals surface area contributed by atoms with Crippen molar-refractivity contribution >= 4 is 41.7 Å². The Balaban J connectivity index is 2.28. The van der Waals surface area contributed by atoms with Crippen molar-refractivity contribution in [1.82, 2.24) is 26.2 Å². The van der Waals surface area contributed by atoms with Crippen molar-refractivity contribution in [1.29, 1.82) is 0 Å². The van der Waals surface area contributed by atoms with Crippen LogP contribution in [0, 0.1) is 5.92 Å². The van der Waals surface area contributed by atoms with E-state index < -0.39 is 78.8 Å². The van der Waals surface area contributed by atoms with Crippen LogP contribution in [0.25, 0.3) is 0 Å². The van der Waals surface area contributed by atoms with E-state index in [1.165, 1.54) is 0 Å². The Kier molecular flexibility index (Phi) is 15.9. The summed E-state index contributed by atoms with van der Waals surface area (Å²) in [7, 11) is 0. The number of hydrogen-bond acceptors (Lipinski definition) is 10. The molecule has 6 unspecified atom stereocenters. The van der Waals surface area contributed by atoms with Crippen LogP contribution >= 0.6 is 0 Å². The zero-order valence-corrected chi connectivity index (χ0v) is 26.9. The summed E-state index contributed by atoms with van der Waals surface area (Å²) in [4.78, 5) is 89.1. The Hall–Kier alpha value is -4.41. The summed E-state index contributed by atoms with van der Waals surface area (Å²) >= 11 is 0. The fourth-order valence-corrected chi connectivity index (χ4v) is 5.20. The van der Waals surface area contributed by atoms with Crippen LogP contribution in [-0.4, -0.2) is 108 Å². The van der Waals surface area contributed by atoms with Crippen molar-refractivity contribution in [3.05, 3.63) is 35.9 Å². The maximum absolute atomic E-state index is 13.6. The van der Waals surface area contributed by atoms with Crippen LogP contribution in [0.4, 0.5) is 0 Å². The Morgan fingerprint density at radius 2 is 1.57 bits per heavy atom. The average molecular weight is 661 g/mol. The molecule has 47 heavy (non-hydrogen) atoms. The van der Waals surface area contributed by atoms with Crippen LogP contribution in [-0.2, 0) is 40.0 Å². The van der Waals surface area contributed by atoms with E-state index in [4.69, 9.17) is 17.2 Å². The minimum Gasteiger partial charge on any atom is -0.394 e. The Bertz CT molecular complexity index is 1250. The number of aldehydes is 1. The van der Waals surface area contributed by atoms with E-state index >= 15 is 0 Å². The fourth-order valence-electron chi connectivity index (χ4n) is 5.20. The summed E-state index contributed by atoms with van der Waals surface area (Å²) in [5.41, 5.74) is 17.0. The number of nitrogens with two attached hydrogens (primary N) is 3. The van der Waals surface area contributed by atoms with E-state index in [0.29, 0.717) is 25.7 Å². The molecule has 1 aliphatic rings. The van der Waals surface area contributed by atoms with Crippen molar-refractivity contribution in [2.75, 3.05) is 19.7 Å². The standard InChI is InChI=1S/C31H48N8O8/c1-18(2)24(17-41)38-31(47)25-9-6-12-39(25)15-20(13-19-7-4-3-5-8-19)35-30(46)23(14-27(34)43)37-29(45)22(10-11-26(33)42)36-28(44)21(32)16-40/h3-5,7-8,17-18,20-25,40H,6,9-16,32H2,1-2H3,(H2,33,42)(H2,34,43)(H,35,46)(H,36,44)(H,37,45)(H,38,47). The molecule has 0 aliphatic carbocycles. The van der Waals surface area contributed by atoms with E-state index in [2.05, 4.69) is 21.3 Å². The number of nitrogens with zero attached hydrogens (tertiary/aromatic N) is 1. The highest BCUT2D eigenvalue weighted by Crippen LogP contribution is 2.19. The van der Waals surface area contributed by atoms with Crippen LogP contribution in [0.3, 0.4) is 0 Å². The zero-order chi connectivity index (χ0) is 35.1. The van der Waals surface area contributed by atoms with Gasteiger partial charge >= 0.3 is 0 Å². The minimum absolute atomic E-state index is 0.0936. The normalized spacial score (nSPS) is 17.9. The highest BCUT2D eigenvalue weighted by atomic mass is 16.3. The van der Waals surface area contributed by atoms with Crippen LogP contribution in [0.1, 0.15) is 51.5 Å². The second-order valence-electron chi connectivity index (χ2n) is 12.0. The molecular formula is C31H48N8O8. The number of likely N-dealkylation sites (tertiary alicyclic amines) is 1. The lowest BCUT2D eigenvalue weighted by Crippen LogP contribution is -2.59. The number of benzene rings is 1. The molecule has 1 aromatic carbocycles. The van der Waals surface area contributed by atoms with E-state index in [9.17, 15) is 38.7 Å². The molecule has 260 valence electrons. The molecule has 0 radical (unpaired) electrons. The van der Waals surface area contributed by atoms with Crippen LogP contribution in [0.2, 0.25) is 0 Å². The van der Waals surface area contributed by atoms with Crippen molar-refractivity contribution in [2.24, 2.45) is 23.1 Å². The molecule has 0 bridgehead atoms. The van der Waals surface area contributed by atoms with Gasteiger partial charge in [-0.3, -0.25) is 33.7 Å². The average Bonchev–Trinajstić information content (AvgIpc) is 3.48. The summed E-state index contributed by atoms with van der Waals surface area (Å²) in [6, 6.07) is 3.30. The van der Waals surface area contributed by atoms with Gasteiger partial charge in [-0.25, -0.2) is 0 Å². The Labute approximate surface area is 273 Å². The molecule has 16 nitrogen and oxygen atoms in total. The van der Waals surface area contributed by atoms with Gasteiger partial charge in [0.05, 0.1) is 25.1 Å². The number of aliphatic hydroxyl groups excluding tert-OH is 1.